The molecule has 1 aliphatic rings. The topological polar surface area (TPSA) is 38.3 Å². The lowest BCUT2D eigenvalue weighted by atomic mass is 9.93. The van der Waals surface area contributed by atoms with E-state index >= 15 is 0 Å². The molecule has 1 N–H and O–H groups in total. The Bertz CT molecular complexity index is 468. The second-order valence-electron chi connectivity index (χ2n) is 4.92. The Balaban J connectivity index is 2.09. The summed E-state index contributed by atoms with van der Waals surface area (Å²) in [5.74, 6) is 0.213. The van der Waals surface area contributed by atoms with E-state index in [-0.39, 0.29) is 24.2 Å². The van der Waals surface area contributed by atoms with Gasteiger partial charge in [-0.25, -0.2) is 4.79 Å². The number of alkyl carbamates (subject to hydrolysis) is 1. The SMILES string of the molecule is C/C(I)=C\[C@H](C)[C@@H]1OC(=O)N[C@H]1Cc1ccccc1. The standard InChI is InChI=1S/C15H18INO2/c1-10(8-11(2)16)14-13(17-15(18)19-14)9-12-6-4-3-5-7-12/h3-8,10,13-14H,9H2,1-2H3,(H,17,18)/b11-8+/t10-,13-,14-/m0/s1. The fourth-order valence-corrected chi connectivity index (χ4v) is 3.01. The van der Waals surface area contributed by atoms with Crippen molar-refractivity contribution in [3.63, 3.8) is 0 Å². The van der Waals surface area contributed by atoms with Gasteiger partial charge in [-0.15, -0.1) is 0 Å². The van der Waals surface area contributed by atoms with Crippen molar-refractivity contribution in [2.75, 3.05) is 0 Å². The summed E-state index contributed by atoms with van der Waals surface area (Å²) in [5, 5.41) is 2.91. The van der Waals surface area contributed by atoms with Gasteiger partial charge in [-0.2, -0.15) is 0 Å². The molecule has 102 valence electrons. The average Bonchev–Trinajstić information content (AvgIpc) is 2.71. The highest BCUT2D eigenvalue weighted by Crippen LogP contribution is 2.23. The van der Waals surface area contributed by atoms with Crippen LogP contribution in [0.25, 0.3) is 0 Å². The number of hydrogen-bond donors (Lipinski definition) is 1. The molecule has 0 spiro atoms. The van der Waals surface area contributed by atoms with Gasteiger partial charge in [0.05, 0.1) is 6.04 Å². The maximum Gasteiger partial charge on any atom is 0.407 e. The summed E-state index contributed by atoms with van der Waals surface area (Å²) in [4.78, 5) is 11.5. The van der Waals surface area contributed by atoms with Gasteiger partial charge in [-0.05, 0) is 45.1 Å². The van der Waals surface area contributed by atoms with E-state index in [4.69, 9.17) is 4.74 Å². The molecule has 3 atom stereocenters. The van der Waals surface area contributed by atoms with Crippen LogP contribution < -0.4 is 5.32 Å². The molecule has 0 aromatic heterocycles. The molecule has 1 amide bonds. The minimum atomic E-state index is -0.308. The summed E-state index contributed by atoms with van der Waals surface area (Å²) in [6.45, 7) is 4.14. The Hall–Kier alpha value is -1.04. The summed E-state index contributed by atoms with van der Waals surface area (Å²) in [7, 11) is 0. The maximum absolute atomic E-state index is 11.5. The number of carbonyl (C=O) groups excluding carboxylic acids is 1. The van der Waals surface area contributed by atoms with Gasteiger partial charge in [0.1, 0.15) is 6.10 Å². The van der Waals surface area contributed by atoms with Crippen molar-refractivity contribution in [3.8, 4) is 0 Å². The first kappa shape index (κ1) is 14.4. The number of nitrogens with one attached hydrogen (secondary N) is 1. The lowest BCUT2D eigenvalue weighted by molar-refractivity contribution is 0.110. The second-order valence-corrected chi connectivity index (χ2v) is 6.62. The van der Waals surface area contributed by atoms with E-state index in [1.54, 1.807) is 0 Å². The molecular formula is C15H18INO2. The predicted octanol–water partition coefficient (Wildman–Crippen LogP) is 3.68. The van der Waals surface area contributed by atoms with Crippen LogP contribution in [-0.2, 0) is 11.2 Å². The molecular weight excluding hydrogens is 353 g/mol. The molecule has 0 radical (unpaired) electrons. The van der Waals surface area contributed by atoms with Crippen LogP contribution in [0.15, 0.2) is 40.0 Å². The first-order valence-electron chi connectivity index (χ1n) is 6.41. The molecule has 0 bridgehead atoms. The van der Waals surface area contributed by atoms with E-state index in [1.807, 2.05) is 25.1 Å². The molecule has 1 aliphatic heterocycles. The van der Waals surface area contributed by atoms with Crippen LogP contribution in [0.3, 0.4) is 0 Å². The lowest BCUT2D eigenvalue weighted by Crippen LogP contribution is -2.36. The first-order chi connectivity index (χ1) is 9.06. The van der Waals surface area contributed by atoms with Crippen LogP contribution in [0, 0.1) is 5.92 Å². The monoisotopic (exact) mass is 371 g/mol. The Kier molecular flexibility index (Phi) is 4.85. The van der Waals surface area contributed by atoms with E-state index in [9.17, 15) is 4.79 Å². The minimum absolute atomic E-state index is 0.0388. The molecule has 0 aliphatic carbocycles. The van der Waals surface area contributed by atoms with Gasteiger partial charge >= 0.3 is 6.09 Å². The molecule has 3 nitrogen and oxygen atoms in total. The van der Waals surface area contributed by atoms with Gasteiger partial charge < -0.3 is 10.1 Å². The zero-order valence-corrected chi connectivity index (χ0v) is 13.3. The van der Waals surface area contributed by atoms with Gasteiger partial charge in [0.2, 0.25) is 0 Å². The Labute approximate surface area is 127 Å². The van der Waals surface area contributed by atoms with E-state index in [1.165, 1.54) is 9.14 Å². The van der Waals surface area contributed by atoms with Crippen LogP contribution in [0.4, 0.5) is 4.79 Å². The third-order valence-electron chi connectivity index (χ3n) is 3.25. The van der Waals surface area contributed by atoms with E-state index in [0.29, 0.717) is 0 Å². The zero-order chi connectivity index (χ0) is 13.8. The predicted molar refractivity (Wildman–Crippen MR) is 84.3 cm³/mol. The smallest absolute Gasteiger partial charge is 0.407 e. The van der Waals surface area contributed by atoms with Crippen LogP contribution in [0.1, 0.15) is 19.4 Å². The van der Waals surface area contributed by atoms with Gasteiger partial charge in [0.25, 0.3) is 0 Å². The van der Waals surface area contributed by atoms with Gasteiger partial charge in [-0.3, -0.25) is 0 Å². The van der Waals surface area contributed by atoms with Gasteiger partial charge in [0.15, 0.2) is 0 Å². The normalized spacial score (nSPS) is 24.8. The summed E-state index contributed by atoms with van der Waals surface area (Å²) < 4.78 is 6.63. The van der Waals surface area contributed by atoms with Crippen molar-refractivity contribution in [2.45, 2.75) is 32.4 Å². The summed E-state index contributed by atoms with van der Waals surface area (Å²) in [5.41, 5.74) is 1.21. The van der Waals surface area contributed by atoms with E-state index in [0.717, 1.165) is 6.42 Å². The van der Waals surface area contributed by atoms with Crippen molar-refractivity contribution in [2.24, 2.45) is 5.92 Å². The second kappa shape index (κ2) is 6.41. The zero-order valence-electron chi connectivity index (χ0n) is 11.1. The highest BCUT2D eigenvalue weighted by Gasteiger charge is 2.36. The van der Waals surface area contributed by atoms with Crippen LogP contribution in [0.5, 0.6) is 0 Å². The van der Waals surface area contributed by atoms with Crippen molar-refractivity contribution in [3.05, 3.63) is 45.6 Å². The fraction of sp³-hybridized carbons (Fsp3) is 0.400. The molecule has 0 unspecified atom stereocenters. The molecule has 1 heterocycles. The van der Waals surface area contributed by atoms with Crippen LogP contribution in [0.2, 0.25) is 0 Å². The quantitative estimate of drug-likeness (QED) is 0.821. The number of ether oxygens (including phenoxy) is 1. The number of amides is 1. The number of carbonyl (C=O) groups is 1. The number of cyclic esters (lactones) is 1. The van der Waals surface area contributed by atoms with Crippen molar-refractivity contribution >= 4 is 28.7 Å². The van der Waals surface area contributed by atoms with Gasteiger partial charge in [0, 0.05) is 5.92 Å². The fourth-order valence-electron chi connectivity index (χ4n) is 2.44. The molecule has 1 aromatic carbocycles. The lowest BCUT2D eigenvalue weighted by Gasteiger charge is -2.21. The average molecular weight is 371 g/mol. The Morgan fingerprint density at radius 1 is 1.47 bits per heavy atom. The number of rotatable bonds is 4. The third-order valence-corrected chi connectivity index (χ3v) is 3.61. The molecule has 2 rings (SSSR count). The minimum Gasteiger partial charge on any atom is -0.443 e. The summed E-state index contributed by atoms with van der Waals surface area (Å²) in [6.07, 6.45) is 2.54. The molecule has 4 heteroatoms. The summed E-state index contributed by atoms with van der Waals surface area (Å²) >= 11 is 2.28. The molecule has 1 fully saturated rings. The largest absolute Gasteiger partial charge is 0.443 e. The van der Waals surface area contributed by atoms with Crippen LogP contribution in [-0.4, -0.2) is 18.2 Å². The highest BCUT2D eigenvalue weighted by molar-refractivity contribution is 14.1. The summed E-state index contributed by atoms with van der Waals surface area (Å²) in [6, 6.07) is 10.2. The van der Waals surface area contributed by atoms with Crippen LogP contribution >= 0.6 is 22.6 Å². The van der Waals surface area contributed by atoms with Crippen molar-refractivity contribution < 1.29 is 9.53 Å². The molecule has 1 saturated heterocycles. The molecule has 1 aromatic rings. The third kappa shape index (κ3) is 3.96. The number of benzene rings is 1. The van der Waals surface area contributed by atoms with Crippen molar-refractivity contribution in [1.29, 1.82) is 0 Å². The number of halogens is 1. The molecule has 0 saturated carbocycles. The first-order valence-corrected chi connectivity index (χ1v) is 7.49. The number of hydrogen-bond acceptors (Lipinski definition) is 2. The number of allylic oxidation sites excluding steroid dienone is 1. The van der Waals surface area contributed by atoms with E-state index in [2.05, 4.69) is 53.0 Å². The Morgan fingerprint density at radius 3 is 2.79 bits per heavy atom. The Morgan fingerprint density at radius 2 is 2.16 bits per heavy atom. The maximum atomic E-state index is 11.5. The van der Waals surface area contributed by atoms with E-state index < -0.39 is 0 Å². The molecule has 19 heavy (non-hydrogen) atoms. The van der Waals surface area contributed by atoms with Gasteiger partial charge in [-0.1, -0.05) is 43.3 Å². The van der Waals surface area contributed by atoms with Crippen molar-refractivity contribution in [1.82, 2.24) is 5.32 Å². The highest BCUT2D eigenvalue weighted by atomic mass is 127.